The maximum Gasteiger partial charge on any atom is 0.237 e. The number of nitrogens with one attached hydrogen (secondary N) is 2. The van der Waals surface area contributed by atoms with Crippen LogP contribution < -0.4 is 10.6 Å². The lowest BCUT2D eigenvalue weighted by Crippen LogP contribution is -2.42. The molecule has 0 saturated heterocycles. The summed E-state index contributed by atoms with van der Waals surface area (Å²) in [6.45, 7) is 2.84. The fourth-order valence-electron chi connectivity index (χ4n) is 1.37. The summed E-state index contributed by atoms with van der Waals surface area (Å²) in [6.07, 6.45) is 9.46. The van der Waals surface area contributed by atoms with E-state index in [-0.39, 0.29) is 18.5 Å². The normalized spacial score (nSPS) is 11.5. The topological polar surface area (TPSA) is 54.0 Å². The number of carbonyl (C=O) groups is 1. The Hall–Kier alpha value is -1.86. The van der Waals surface area contributed by atoms with Gasteiger partial charge in [0.15, 0.2) is 0 Å². The first-order valence-corrected chi connectivity index (χ1v) is 5.57. The summed E-state index contributed by atoms with van der Waals surface area (Å²) in [6, 6.07) is 3.69. The summed E-state index contributed by atoms with van der Waals surface area (Å²) in [7, 11) is 0. The Kier molecular flexibility index (Phi) is 5.76. The first-order chi connectivity index (χ1) is 8.24. The molecular formula is C13H17N3O. The summed E-state index contributed by atoms with van der Waals surface area (Å²) in [5.74, 6) is 2.30. The first kappa shape index (κ1) is 13.2. The van der Waals surface area contributed by atoms with E-state index in [0.717, 1.165) is 13.0 Å². The van der Waals surface area contributed by atoms with Gasteiger partial charge in [0.25, 0.3) is 0 Å². The highest BCUT2D eigenvalue weighted by Crippen LogP contribution is 1.96. The Morgan fingerprint density at radius 2 is 2.24 bits per heavy atom. The van der Waals surface area contributed by atoms with Crippen LogP contribution in [0, 0.1) is 12.3 Å². The molecule has 1 unspecified atom stereocenters. The predicted molar refractivity (Wildman–Crippen MR) is 67.2 cm³/mol. The number of terminal acetylenes is 1. The second kappa shape index (κ2) is 7.42. The Bertz CT molecular complexity index is 383. The van der Waals surface area contributed by atoms with Crippen molar-refractivity contribution in [3.8, 4) is 12.3 Å². The molecule has 0 aliphatic carbocycles. The molecule has 1 aromatic rings. The van der Waals surface area contributed by atoms with Gasteiger partial charge in [0.2, 0.25) is 5.91 Å². The van der Waals surface area contributed by atoms with Gasteiger partial charge in [-0.25, -0.2) is 0 Å². The molecule has 4 nitrogen and oxygen atoms in total. The molecule has 1 amide bonds. The van der Waals surface area contributed by atoms with Crippen LogP contribution in [0.4, 0.5) is 0 Å². The highest BCUT2D eigenvalue weighted by Gasteiger charge is 2.10. The van der Waals surface area contributed by atoms with Crippen molar-refractivity contribution in [3.05, 3.63) is 30.1 Å². The van der Waals surface area contributed by atoms with E-state index in [1.807, 2.05) is 19.1 Å². The molecule has 0 fully saturated rings. The maximum atomic E-state index is 11.5. The highest BCUT2D eigenvalue weighted by molar-refractivity contribution is 5.81. The molecule has 0 spiro atoms. The molecule has 17 heavy (non-hydrogen) atoms. The van der Waals surface area contributed by atoms with Crippen molar-refractivity contribution in [1.82, 2.24) is 15.6 Å². The zero-order chi connectivity index (χ0) is 12.5. The lowest BCUT2D eigenvalue weighted by Gasteiger charge is -2.12. The van der Waals surface area contributed by atoms with Crippen molar-refractivity contribution in [3.63, 3.8) is 0 Å². The molecule has 1 atom stereocenters. The van der Waals surface area contributed by atoms with Crippen LogP contribution in [-0.2, 0) is 11.2 Å². The monoisotopic (exact) mass is 231 g/mol. The van der Waals surface area contributed by atoms with Gasteiger partial charge in [-0.2, -0.15) is 0 Å². The summed E-state index contributed by atoms with van der Waals surface area (Å²) in [4.78, 5) is 15.4. The van der Waals surface area contributed by atoms with Crippen molar-refractivity contribution in [1.29, 1.82) is 0 Å². The zero-order valence-electron chi connectivity index (χ0n) is 9.94. The van der Waals surface area contributed by atoms with Gasteiger partial charge in [0.05, 0.1) is 12.6 Å². The van der Waals surface area contributed by atoms with E-state index in [4.69, 9.17) is 6.42 Å². The van der Waals surface area contributed by atoms with Crippen LogP contribution in [0.25, 0.3) is 0 Å². The molecule has 0 aliphatic heterocycles. The molecule has 0 radical (unpaired) electrons. The van der Waals surface area contributed by atoms with Crippen LogP contribution in [0.3, 0.4) is 0 Å². The van der Waals surface area contributed by atoms with E-state index < -0.39 is 0 Å². The standard InChI is InChI=1S/C13H17N3O/c1-3-7-16-13(17)11(2)15-10-6-12-4-8-14-9-5-12/h1,4-5,8-9,11,15H,6-7,10H2,2H3,(H,16,17). The van der Waals surface area contributed by atoms with Crippen molar-refractivity contribution in [2.75, 3.05) is 13.1 Å². The van der Waals surface area contributed by atoms with Crippen LogP contribution in [-0.4, -0.2) is 30.0 Å². The van der Waals surface area contributed by atoms with E-state index in [9.17, 15) is 4.79 Å². The molecule has 4 heteroatoms. The summed E-state index contributed by atoms with van der Waals surface area (Å²) in [5.41, 5.74) is 1.20. The van der Waals surface area contributed by atoms with E-state index in [1.54, 1.807) is 12.4 Å². The number of pyridine rings is 1. The van der Waals surface area contributed by atoms with Crippen molar-refractivity contribution in [2.45, 2.75) is 19.4 Å². The minimum absolute atomic E-state index is 0.0716. The molecule has 0 aromatic carbocycles. The summed E-state index contributed by atoms with van der Waals surface area (Å²) < 4.78 is 0. The molecule has 0 saturated carbocycles. The molecule has 1 rings (SSSR count). The van der Waals surface area contributed by atoms with E-state index in [1.165, 1.54) is 5.56 Å². The SMILES string of the molecule is C#CCNC(=O)C(C)NCCc1ccncc1. The summed E-state index contributed by atoms with van der Waals surface area (Å²) in [5, 5.41) is 5.77. The predicted octanol–water partition coefficient (Wildman–Crippen LogP) is 0.352. The van der Waals surface area contributed by atoms with Gasteiger partial charge in [-0.1, -0.05) is 5.92 Å². The van der Waals surface area contributed by atoms with Crippen LogP contribution >= 0.6 is 0 Å². The van der Waals surface area contributed by atoms with Crippen LogP contribution in [0.1, 0.15) is 12.5 Å². The molecule has 0 aliphatic rings. The number of amides is 1. The number of nitrogens with zero attached hydrogens (tertiary/aromatic N) is 1. The van der Waals surface area contributed by atoms with Gasteiger partial charge in [0.1, 0.15) is 0 Å². The van der Waals surface area contributed by atoms with Crippen LogP contribution in [0.2, 0.25) is 0 Å². The van der Waals surface area contributed by atoms with E-state index >= 15 is 0 Å². The Labute approximate surface area is 102 Å². The number of carbonyl (C=O) groups excluding carboxylic acids is 1. The van der Waals surface area contributed by atoms with Crippen LogP contribution in [0.15, 0.2) is 24.5 Å². The fraction of sp³-hybridized carbons (Fsp3) is 0.385. The molecule has 1 aromatic heterocycles. The minimum Gasteiger partial charge on any atom is -0.344 e. The Morgan fingerprint density at radius 3 is 2.88 bits per heavy atom. The van der Waals surface area contributed by atoms with E-state index in [0.29, 0.717) is 0 Å². The molecule has 90 valence electrons. The van der Waals surface area contributed by atoms with Gasteiger partial charge in [-0.15, -0.1) is 6.42 Å². The average molecular weight is 231 g/mol. The lowest BCUT2D eigenvalue weighted by atomic mass is 10.2. The maximum absolute atomic E-state index is 11.5. The smallest absolute Gasteiger partial charge is 0.237 e. The third-order valence-electron chi connectivity index (χ3n) is 2.37. The largest absolute Gasteiger partial charge is 0.344 e. The zero-order valence-corrected chi connectivity index (χ0v) is 9.94. The average Bonchev–Trinajstić information content (AvgIpc) is 2.37. The first-order valence-electron chi connectivity index (χ1n) is 5.57. The van der Waals surface area contributed by atoms with Gasteiger partial charge in [0, 0.05) is 12.4 Å². The number of hydrogen-bond acceptors (Lipinski definition) is 3. The Balaban J connectivity index is 2.22. The van der Waals surface area contributed by atoms with Crippen molar-refractivity contribution >= 4 is 5.91 Å². The van der Waals surface area contributed by atoms with Gasteiger partial charge < -0.3 is 10.6 Å². The molecule has 1 heterocycles. The van der Waals surface area contributed by atoms with Gasteiger partial charge >= 0.3 is 0 Å². The van der Waals surface area contributed by atoms with Gasteiger partial charge in [-0.3, -0.25) is 9.78 Å². The van der Waals surface area contributed by atoms with Crippen LogP contribution in [0.5, 0.6) is 0 Å². The lowest BCUT2D eigenvalue weighted by molar-refractivity contribution is -0.122. The highest BCUT2D eigenvalue weighted by atomic mass is 16.2. The quantitative estimate of drug-likeness (QED) is 0.695. The Morgan fingerprint density at radius 1 is 1.53 bits per heavy atom. The number of hydrogen-bond donors (Lipinski definition) is 2. The van der Waals surface area contributed by atoms with Crippen molar-refractivity contribution < 1.29 is 4.79 Å². The molecule has 0 bridgehead atoms. The third-order valence-corrected chi connectivity index (χ3v) is 2.37. The van der Waals surface area contributed by atoms with Crippen molar-refractivity contribution in [2.24, 2.45) is 0 Å². The number of aromatic nitrogens is 1. The molecular weight excluding hydrogens is 214 g/mol. The fourth-order valence-corrected chi connectivity index (χ4v) is 1.37. The molecule has 2 N–H and O–H groups in total. The number of rotatable bonds is 6. The minimum atomic E-state index is -0.231. The third kappa shape index (κ3) is 5.14. The van der Waals surface area contributed by atoms with E-state index in [2.05, 4.69) is 21.5 Å². The van der Waals surface area contributed by atoms with Gasteiger partial charge in [-0.05, 0) is 37.6 Å². The summed E-state index contributed by atoms with van der Waals surface area (Å²) >= 11 is 0. The second-order valence-electron chi connectivity index (χ2n) is 3.70. The second-order valence-corrected chi connectivity index (χ2v) is 3.70.